The Kier molecular flexibility index (Phi) is 7.47. The summed E-state index contributed by atoms with van der Waals surface area (Å²) in [5.41, 5.74) is -3.53. The molecule has 0 aliphatic heterocycles. The summed E-state index contributed by atoms with van der Waals surface area (Å²) in [5, 5.41) is 3.94. The highest BCUT2D eigenvalue weighted by molar-refractivity contribution is 8.00. The summed E-state index contributed by atoms with van der Waals surface area (Å²) in [6, 6.07) is 3.44. The lowest BCUT2D eigenvalue weighted by molar-refractivity contribution is -0.0329. The standard InChI is InChI=1S/C13H16Cl2F3NOS/c1-8(2)19-7-9-5-10(14)6-11(15)12(9)20-3-4-21-13(16,17)18/h5-6,8,19H,3-4,7H2,1-2H3. The maximum Gasteiger partial charge on any atom is 0.441 e. The molecule has 0 bridgehead atoms. The van der Waals surface area contributed by atoms with Crippen molar-refractivity contribution in [1.29, 1.82) is 0 Å². The highest BCUT2D eigenvalue weighted by Gasteiger charge is 2.27. The number of rotatable bonds is 7. The SMILES string of the molecule is CC(C)NCc1cc(Cl)cc(Cl)c1OCCSC(F)(F)F. The van der Waals surface area contributed by atoms with Crippen LogP contribution in [0.1, 0.15) is 19.4 Å². The van der Waals surface area contributed by atoms with Crippen LogP contribution in [0.5, 0.6) is 5.75 Å². The number of hydrogen-bond donors (Lipinski definition) is 1. The van der Waals surface area contributed by atoms with Crippen molar-refractivity contribution in [2.75, 3.05) is 12.4 Å². The molecule has 1 aromatic rings. The number of hydrogen-bond acceptors (Lipinski definition) is 3. The lowest BCUT2D eigenvalue weighted by atomic mass is 10.2. The third kappa shape index (κ3) is 7.49. The van der Waals surface area contributed by atoms with E-state index in [1.165, 1.54) is 6.07 Å². The van der Waals surface area contributed by atoms with Crippen LogP contribution in [0.25, 0.3) is 0 Å². The van der Waals surface area contributed by atoms with Crippen LogP contribution in [-0.2, 0) is 6.54 Å². The Labute approximate surface area is 136 Å². The zero-order valence-electron chi connectivity index (χ0n) is 11.6. The smallest absolute Gasteiger partial charge is 0.441 e. The maximum absolute atomic E-state index is 12.1. The third-order valence-electron chi connectivity index (χ3n) is 2.38. The van der Waals surface area contributed by atoms with Crippen LogP contribution >= 0.6 is 35.0 Å². The van der Waals surface area contributed by atoms with Crippen molar-refractivity contribution in [3.8, 4) is 5.75 Å². The molecule has 0 fully saturated rings. The minimum atomic E-state index is -4.25. The molecule has 0 saturated heterocycles. The van der Waals surface area contributed by atoms with E-state index in [4.69, 9.17) is 27.9 Å². The molecule has 120 valence electrons. The normalized spacial score (nSPS) is 12.0. The molecule has 2 nitrogen and oxygen atoms in total. The molecule has 1 N–H and O–H groups in total. The zero-order chi connectivity index (χ0) is 16.0. The Morgan fingerprint density at radius 2 is 1.95 bits per heavy atom. The van der Waals surface area contributed by atoms with Crippen LogP contribution in [0.3, 0.4) is 0 Å². The molecule has 0 saturated carbocycles. The second-order valence-corrected chi connectivity index (χ2v) is 6.56. The molecule has 1 rings (SSSR count). The lowest BCUT2D eigenvalue weighted by Crippen LogP contribution is -2.22. The quantitative estimate of drug-likeness (QED) is 0.680. The molecular weight excluding hydrogens is 346 g/mol. The number of ether oxygens (including phenoxy) is 1. The number of alkyl halides is 3. The number of thioether (sulfide) groups is 1. The number of nitrogens with one attached hydrogen (secondary N) is 1. The van der Waals surface area contributed by atoms with Gasteiger partial charge >= 0.3 is 5.51 Å². The summed E-state index contributed by atoms with van der Waals surface area (Å²) in [6.07, 6.45) is 0. The van der Waals surface area contributed by atoms with Gasteiger partial charge in [-0.15, -0.1) is 0 Å². The lowest BCUT2D eigenvalue weighted by Gasteiger charge is -2.16. The Morgan fingerprint density at radius 1 is 1.29 bits per heavy atom. The largest absolute Gasteiger partial charge is 0.491 e. The summed E-state index contributed by atoms with van der Waals surface area (Å²) in [5.74, 6) is 0.177. The van der Waals surface area contributed by atoms with Crippen molar-refractivity contribution < 1.29 is 17.9 Å². The van der Waals surface area contributed by atoms with E-state index in [0.717, 1.165) is 5.56 Å². The minimum Gasteiger partial charge on any atom is -0.491 e. The predicted molar refractivity (Wildman–Crippen MR) is 82.4 cm³/mol. The van der Waals surface area contributed by atoms with Gasteiger partial charge in [-0.25, -0.2) is 0 Å². The van der Waals surface area contributed by atoms with E-state index in [0.29, 0.717) is 22.3 Å². The van der Waals surface area contributed by atoms with Gasteiger partial charge in [0.2, 0.25) is 0 Å². The predicted octanol–water partition coefficient (Wildman–Crippen LogP) is 5.12. The van der Waals surface area contributed by atoms with Gasteiger partial charge in [-0.3, -0.25) is 0 Å². The Morgan fingerprint density at radius 3 is 2.52 bits per heavy atom. The van der Waals surface area contributed by atoms with Gasteiger partial charge in [0.25, 0.3) is 0 Å². The van der Waals surface area contributed by atoms with Crippen LogP contribution in [0, 0.1) is 0 Å². The molecule has 0 atom stereocenters. The van der Waals surface area contributed by atoms with Crippen molar-refractivity contribution in [2.45, 2.75) is 31.9 Å². The second kappa shape index (κ2) is 8.36. The first-order valence-electron chi connectivity index (χ1n) is 6.24. The van der Waals surface area contributed by atoms with E-state index in [1.54, 1.807) is 6.07 Å². The molecule has 21 heavy (non-hydrogen) atoms. The highest BCUT2D eigenvalue weighted by atomic mass is 35.5. The first-order valence-corrected chi connectivity index (χ1v) is 7.98. The minimum absolute atomic E-state index is 0.0831. The fraction of sp³-hybridized carbons (Fsp3) is 0.538. The molecule has 0 spiro atoms. The summed E-state index contributed by atoms with van der Waals surface area (Å²) in [6.45, 7) is 4.35. The maximum atomic E-state index is 12.1. The molecular formula is C13H16Cl2F3NOS. The molecule has 0 aliphatic rings. The van der Waals surface area contributed by atoms with Gasteiger partial charge in [0.15, 0.2) is 0 Å². The zero-order valence-corrected chi connectivity index (χ0v) is 13.9. The van der Waals surface area contributed by atoms with Gasteiger partial charge in [0.05, 0.1) is 11.6 Å². The Balaban J connectivity index is 2.70. The summed E-state index contributed by atoms with van der Waals surface area (Å²) >= 11 is 11.9. The Bertz CT molecular complexity index is 469. The molecule has 0 unspecified atom stereocenters. The average Bonchev–Trinajstić information content (AvgIpc) is 2.32. The molecule has 0 radical (unpaired) electrons. The number of halogens is 5. The topological polar surface area (TPSA) is 21.3 Å². The first kappa shape index (κ1) is 18.7. The van der Waals surface area contributed by atoms with Crippen LogP contribution in [0.4, 0.5) is 13.2 Å². The molecule has 1 aromatic carbocycles. The van der Waals surface area contributed by atoms with Gasteiger partial charge in [-0.1, -0.05) is 37.0 Å². The van der Waals surface area contributed by atoms with Crippen molar-refractivity contribution in [2.24, 2.45) is 0 Å². The van der Waals surface area contributed by atoms with Gasteiger partial charge in [-0.05, 0) is 23.9 Å². The molecule has 0 aliphatic carbocycles. The van der Waals surface area contributed by atoms with Gasteiger partial charge in [0, 0.05) is 28.9 Å². The van der Waals surface area contributed by atoms with E-state index >= 15 is 0 Å². The fourth-order valence-corrected chi connectivity index (χ4v) is 2.51. The molecule has 8 heteroatoms. The van der Waals surface area contributed by atoms with Gasteiger partial charge < -0.3 is 10.1 Å². The van der Waals surface area contributed by atoms with Crippen molar-refractivity contribution >= 4 is 35.0 Å². The molecule has 0 amide bonds. The molecule has 0 heterocycles. The van der Waals surface area contributed by atoms with Crippen molar-refractivity contribution in [3.63, 3.8) is 0 Å². The van der Waals surface area contributed by atoms with E-state index < -0.39 is 5.51 Å². The third-order valence-corrected chi connectivity index (χ3v) is 3.58. The van der Waals surface area contributed by atoms with E-state index in [9.17, 15) is 13.2 Å². The van der Waals surface area contributed by atoms with Crippen LogP contribution in [0.15, 0.2) is 12.1 Å². The molecule has 0 aromatic heterocycles. The van der Waals surface area contributed by atoms with E-state index in [1.807, 2.05) is 13.8 Å². The van der Waals surface area contributed by atoms with Crippen LogP contribution in [-0.4, -0.2) is 23.9 Å². The van der Waals surface area contributed by atoms with Crippen molar-refractivity contribution in [3.05, 3.63) is 27.7 Å². The van der Waals surface area contributed by atoms with Crippen molar-refractivity contribution in [1.82, 2.24) is 5.32 Å². The number of benzene rings is 1. The second-order valence-electron chi connectivity index (χ2n) is 4.55. The van der Waals surface area contributed by atoms with E-state index in [-0.39, 0.29) is 30.2 Å². The summed E-state index contributed by atoms with van der Waals surface area (Å²) in [7, 11) is 0. The summed E-state index contributed by atoms with van der Waals surface area (Å²) < 4.78 is 41.6. The monoisotopic (exact) mass is 361 g/mol. The van der Waals surface area contributed by atoms with E-state index in [2.05, 4.69) is 5.32 Å². The van der Waals surface area contributed by atoms with Gasteiger partial charge in [-0.2, -0.15) is 13.2 Å². The average molecular weight is 362 g/mol. The fourth-order valence-electron chi connectivity index (χ4n) is 1.52. The highest BCUT2D eigenvalue weighted by Crippen LogP contribution is 2.34. The first-order chi connectivity index (χ1) is 9.69. The summed E-state index contributed by atoms with van der Waals surface area (Å²) in [4.78, 5) is 0. The Hall–Kier alpha value is -0.300. The van der Waals surface area contributed by atoms with Gasteiger partial charge in [0.1, 0.15) is 5.75 Å². The van der Waals surface area contributed by atoms with Crippen LogP contribution in [0.2, 0.25) is 10.0 Å². The van der Waals surface area contributed by atoms with Crippen LogP contribution < -0.4 is 10.1 Å².